The molecular weight excluding hydrogens is 263 g/mol. The number of carbonyl (C=O) groups is 1. The quantitative estimate of drug-likeness (QED) is 0.901. The number of aliphatic carboxylic acids is 1. The molecule has 20 heavy (non-hydrogen) atoms. The maximum Gasteiger partial charge on any atom is 0.303 e. The predicted octanol–water partition coefficient (Wildman–Crippen LogP) is 3.31. The van der Waals surface area contributed by atoms with Gasteiger partial charge in [-0.3, -0.25) is 4.79 Å². The number of ether oxygens (including phenoxy) is 2. The normalized spacial score (nSPS) is 16.4. The Morgan fingerprint density at radius 1 is 1.25 bits per heavy atom. The molecule has 1 saturated heterocycles. The first-order valence-electron chi connectivity index (χ1n) is 6.88. The van der Waals surface area contributed by atoms with Crippen molar-refractivity contribution in [2.75, 3.05) is 13.2 Å². The van der Waals surface area contributed by atoms with E-state index < -0.39 is 11.8 Å². The number of halogens is 1. The van der Waals surface area contributed by atoms with Gasteiger partial charge in [-0.1, -0.05) is 26.0 Å². The van der Waals surface area contributed by atoms with Crippen molar-refractivity contribution in [1.82, 2.24) is 0 Å². The van der Waals surface area contributed by atoms with Gasteiger partial charge in [-0.15, -0.1) is 0 Å². The molecule has 1 aliphatic heterocycles. The summed E-state index contributed by atoms with van der Waals surface area (Å²) < 4.78 is 24.1. The summed E-state index contributed by atoms with van der Waals surface area (Å²) in [4.78, 5) is 10.5. The third kappa shape index (κ3) is 4.28. The first-order valence-corrected chi connectivity index (χ1v) is 6.88. The monoisotopic (exact) mass is 284 g/mol. The molecule has 0 aromatic heterocycles. The highest BCUT2D eigenvalue weighted by Gasteiger charge is 2.38. The van der Waals surface area contributed by atoms with Crippen LogP contribution in [0.15, 0.2) is 24.3 Å². The van der Waals surface area contributed by atoms with Crippen LogP contribution in [0, 0.1) is 5.82 Å². The third-order valence-electron chi connectivity index (χ3n) is 2.93. The van der Waals surface area contributed by atoms with E-state index >= 15 is 0 Å². The van der Waals surface area contributed by atoms with Gasteiger partial charge in [0.2, 0.25) is 0 Å². The van der Waals surface area contributed by atoms with Crippen molar-refractivity contribution in [3.8, 4) is 0 Å². The molecule has 0 atom stereocenters. The van der Waals surface area contributed by atoms with Gasteiger partial charge in [-0.05, 0) is 18.6 Å². The Kier molecular flexibility index (Phi) is 6.61. The van der Waals surface area contributed by atoms with Crippen molar-refractivity contribution in [2.24, 2.45) is 0 Å². The van der Waals surface area contributed by atoms with Gasteiger partial charge in [-0.2, -0.15) is 0 Å². The Bertz CT molecular complexity index is 410. The zero-order chi connectivity index (χ0) is 15.0. The Labute approximate surface area is 118 Å². The largest absolute Gasteiger partial charge is 0.481 e. The molecule has 1 fully saturated rings. The average Bonchev–Trinajstić information content (AvgIpc) is 2.91. The van der Waals surface area contributed by atoms with Crippen LogP contribution in [0.5, 0.6) is 0 Å². The zero-order valence-electron chi connectivity index (χ0n) is 11.9. The van der Waals surface area contributed by atoms with Crippen LogP contribution in [0.1, 0.15) is 38.7 Å². The lowest BCUT2D eigenvalue weighted by Crippen LogP contribution is -2.27. The smallest absolute Gasteiger partial charge is 0.303 e. The molecule has 0 saturated carbocycles. The van der Waals surface area contributed by atoms with Crippen molar-refractivity contribution in [1.29, 1.82) is 0 Å². The summed E-state index contributed by atoms with van der Waals surface area (Å²) in [5, 5.41) is 8.65. The fraction of sp³-hybridized carbons (Fsp3) is 0.533. The molecule has 0 spiro atoms. The SMILES string of the molecule is CC.O=C(O)CCCC1(c2ccc(F)cc2)OCCO1. The summed E-state index contributed by atoms with van der Waals surface area (Å²) in [6.45, 7) is 4.93. The molecule has 5 heteroatoms. The molecule has 2 rings (SSSR count). The van der Waals surface area contributed by atoms with Crippen LogP contribution in [0.3, 0.4) is 0 Å². The number of carboxylic acids is 1. The first kappa shape index (κ1) is 16.6. The molecule has 1 aliphatic rings. The lowest BCUT2D eigenvalue weighted by atomic mass is 9.99. The van der Waals surface area contributed by atoms with Crippen LogP contribution >= 0.6 is 0 Å². The second kappa shape index (κ2) is 7.97. The van der Waals surface area contributed by atoms with Gasteiger partial charge in [0.15, 0.2) is 5.79 Å². The van der Waals surface area contributed by atoms with Crippen LogP contribution in [0.2, 0.25) is 0 Å². The van der Waals surface area contributed by atoms with E-state index in [0.717, 1.165) is 5.56 Å². The lowest BCUT2D eigenvalue weighted by molar-refractivity contribution is -0.172. The molecule has 1 aromatic carbocycles. The molecule has 0 amide bonds. The van der Waals surface area contributed by atoms with E-state index in [1.807, 2.05) is 13.8 Å². The van der Waals surface area contributed by atoms with Gasteiger partial charge in [0.1, 0.15) is 5.82 Å². The van der Waals surface area contributed by atoms with Crippen molar-refractivity contribution >= 4 is 5.97 Å². The van der Waals surface area contributed by atoms with Gasteiger partial charge < -0.3 is 14.6 Å². The van der Waals surface area contributed by atoms with Crippen LogP contribution in [0.25, 0.3) is 0 Å². The van der Waals surface area contributed by atoms with E-state index in [-0.39, 0.29) is 12.2 Å². The summed E-state index contributed by atoms with van der Waals surface area (Å²) in [5.74, 6) is -2.08. The van der Waals surface area contributed by atoms with E-state index in [9.17, 15) is 9.18 Å². The van der Waals surface area contributed by atoms with Gasteiger partial charge in [0.05, 0.1) is 13.2 Å². The van der Waals surface area contributed by atoms with Gasteiger partial charge in [-0.25, -0.2) is 4.39 Å². The van der Waals surface area contributed by atoms with Crippen LogP contribution in [-0.4, -0.2) is 24.3 Å². The van der Waals surface area contributed by atoms with Gasteiger partial charge in [0, 0.05) is 18.4 Å². The first-order chi connectivity index (χ1) is 9.62. The van der Waals surface area contributed by atoms with E-state index in [1.54, 1.807) is 12.1 Å². The average molecular weight is 284 g/mol. The molecule has 112 valence electrons. The minimum absolute atomic E-state index is 0.0651. The maximum atomic E-state index is 12.9. The summed E-state index contributed by atoms with van der Waals surface area (Å²) >= 11 is 0. The fourth-order valence-electron chi connectivity index (χ4n) is 2.09. The molecule has 1 heterocycles. The molecule has 0 bridgehead atoms. The summed E-state index contributed by atoms with van der Waals surface area (Å²) in [7, 11) is 0. The summed E-state index contributed by atoms with van der Waals surface area (Å²) in [6, 6.07) is 5.92. The molecular formula is C15H21FO4. The molecule has 4 nitrogen and oxygen atoms in total. The van der Waals surface area contributed by atoms with Crippen molar-refractivity contribution in [3.05, 3.63) is 35.6 Å². The van der Waals surface area contributed by atoms with E-state index in [2.05, 4.69) is 0 Å². The Hall–Kier alpha value is -1.46. The van der Waals surface area contributed by atoms with Crippen LogP contribution in [-0.2, 0) is 20.1 Å². The zero-order valence-corrected chi connectivity index (χ0v) is 11.9. The minimum Gasteiger partial charge on any atom is -0.481 e. The number of carboxylic acid groups (broad SMARTS) is 1. The third-order valence-corrected chi connectivity index (χ3v) is 2.93. The van der Waals surface area contributed by atoms with Crippen LogP contribution in [0.4, 0.5) is 4.39 Å². The summed E-state index contributed by atoms with van der Waals surface area (Å²) in [6.07, 6.45) is 0.966. The molecule has 1 aromatic rings. The fourth-order valence-corrected chi connectivity index (χ4v) is 2.09. The highest BCUT2D eigenvalue weighted by Crippen LogP contribution is 2.36. The Balaban J connectivity index is 0.000000956. The van der Waals surface area contributed by atoms with Crippen LogP contribution < -0.4 is 0 Å². The Morgan fingerprint density at radius 3 is 2.30 bits per heavy atom. The minimum atomic E-state index is -0.914. The predicted molar refractivity (Wildman–Crippen MR) is 72.8 cm³/mol. The second-order valence-electron chi connectivity index (χ2n) is 4.20. The second-order valence-corrected chi connectivity index (χ2v) is 4.20. The number of hydrogen-bond acceptors (Lipinski definition) is 3. The van der Waals surface area contributed by atoms with E-state index in [1.165, 1.54) is 12.1 Å². The number of rotatable bonds is 5. The highest BCUT2D eigenvalue weighted by molar-refractivity contribution is 5.66. The Morgan fingerprint density at radius 2 is 1.80 bits per heavy atom. The molecule has 0 unspecified atom stereocenters. The number of hydrogen-bond donors (Lipinski definition) is 1. The van der Waals surface area contributed by atoms with Crippen molar-refractivity contribution in [2.45, 2.75) is 38.9 Å². The number of benzene rings is 1. The van der Waals surface area contributed by atoms with E-state index in [0.29, 0.717) is 26.1 Å². The molecule has 1 N–H and O–H groups in total. The topological polar surface area (TPSA) is 55.8 Å². The van der Waals surface area contributed by atoms with Gasteiger partial charge >= 0.3 is 5.97 Å². The summed E-state index contributed by atoms with van der Waals surface area (Å²) in [5.41, 5.74) is 0.729. The standard InChI is InChI=1S/C13H15FO4.C2H6/c14-11-5-3-10(4-6-11)13(17-8-9-18-13)7-1-2-12(15)16;1-2/h3-6H,1-2,7-9H2,(H,15,16);1-2H3. The maximum absolute atomic E-state index is 12.9. The van der Waals surface area contributed by atoms with E-state index in [4.69, 9.17) is 14.6 Å². The molecule has 0 radical (unpaired) electrons. The molecule has 0 aliphatic carbocycles. The van der Waals surface area contributed by atoms with Crippen molar-refractivity contribution < 1.29 is 23.8 Å². The van der Waals surface area contributed by atoms with Crippen molar-refractivity contribution in [3.63, 3.8) is 0 Å². The van der Waals surface area contributed by atoms with Gasteiger partial charge in [0.25, 0.3) is 0 Å². The highest BCUT2D eigenvalue weighted by atomic mass is 19.1. The lowest BCUT2D eigenvalue weighted by Gasteiger charge is -2.27.